The van der Waals surface area contributed by atoms with Crippen LogP contribution in [0.1, 0.15) is 59.5 Å². The highest BCUT2D eigenvalue weighted by molar-refractivity contribution is 7.09. The molecule has 2 atom stereocenters. The van der Waals surface area contributed by atoms with Crippen LogP contribution in [0.3, 0.4) is 0 Å². The van der Waals surface area contributed by atoms with Crippen LogP contribution in [0.2, 0.25) is 0 Å². The van der Waals surface area contributed by atoms with E-state index in [9.17, 15) is 0 Å². The number of aromatic nitrogens is 1. The molecule has 1 aliphatic carbocycles. The molecule has 0 saturated carbocycles. The number of nitrogens with zero attached hydrogens (tertiary/aromatic N) is 1. The van der Waals surface area contributed by atoms with Gasteiger partial charge in [-0.25, -0.2) is 4.98 Å². The van der Waals surface area contributed by atoms with Crippen molar-refractivity contribution in [3.8, 4) is 0 Å². The van der Waals surface area contributed by atoms with Gasteiger partial charge in [0, 0.05) is 11.3 Å². The highest BCUT2D eigenvalue weighted by Gasteiger charge is 2.26. The van der Waals surface area contributed by atoms with Gasteiger partial charge in [-0.3, -0.25) is 0 Å². The minimum atomic E-state index is 0.499. The molecular formula is C17H20N2S. The van der Waals surface area contributed by atoms with E-state index in [-0.39, 0.29) is 0 Å². The molecule has 4 rings (SSSR count). The number of thiazole rings is 1. The molecule has 20 heavy (non-hydrogen) atoms. The van der Waals surface area contributed by atoms with Crippen LogP contribution < -0.4 is 5.32 Å². The Morgan fingerprint density at radius 3 is 3.00 bits per heavy atom. The second-order valence-electron chi connectivity index (χ2n) is 5.90. The molecule has 1 aliphatic heterocycles. The summed E-state index contributed by atoms with van der Waals surface area (Å²) in [6.45, 7) is 1.14. The molecule has 1 aromatic heterocycles. The van der Waals surface area contributed by atoms with Crippen molar-refractivity contribution >= 4 is 11.3 Å². The third kappa shape index (κ3) is 2.19. The highest BCUT2D eigenvalue weighted by Crippen LogP contribution is 2.38. The van der Waals surface area contributed by atoms with Crippen LogP contribution in [0, 0.1) is 0 Å². The van der Waals surface area contributed by atoms with Gasteiger partial charge in [-0.15, -0.1) is 11.3 Å². The van der Waals surface area contributed by atoms with E-state index in [1.807, 2.05) is 11.3 Å². The van der Waals surface area contributed by atoms with E-state index in [1.165, 1.54) is 53.9 Å². The fourth-order valence-electron chi connectivity index (χ4n) is 3.57. The molecular weight excluding hydrogens is 264 g/mol. The lowest BCUT2D eigenvalue weighted by atomic mass is 9.83. The summed E-state index contributed by atoms with van der Waals surface area (Å²) in [7, 11) is 0. The van der Waals surface area contributed by atoms with E-state index >= 15 is 0 Å². The van der Waals surface area contributed by atoms with Crippen molar-refractivity contribution in [2.24, 2.45) is 0 Å². The molecule has 2 heterocycles. The lowest BCUT2D eigenvalue weighted by molar-refractivity contribution is 0.598. The first kappa shape index (κ1) is 12.5. The van der Waals surface area contributed by atoms with Crippen molar-refractivity contribution in [3.05, 3.63) is 51.5 Å². The molecule has 2 aliphatic rings. The summed E-state index contributed by atoms with van der Waals surface area (Å²) in [6.07, 6.45) is 6.30. The van der Waals surface area contributed by atoms with Crippen molar-refractivity contribution in [3.63, 3.8) is 0 Å². The fraction of sp³-hybridized carbons (Fsp3) is 0.471. The van der Waals surface area contributed by atoms with Crippen LogP contribution >= 0.6 is 11.3 Å². The summed E-state index contributed by atoms with van der Waals surface area (Å²) in [4.78, 5) is 4.97. The van der Waals surface area contributed by atoms with Gasteiger partial charge in [0.2, 0.25) is 0 Å². The van der Waals surface area contributed by atoms with Gasteiger partial charge in [0.15, 0.2) is 0 Å². The number of nitrogens with one attached hydrogen (secondary N) is 1. The van der Waals surface area contributed by atoms with E-state index in [4.69, 9.17) is 4.98 Å². The molecule has 1 unspecified atom stereocenters. The van der Waals surface area contributed by atoms with E-state index in [1.54, 1.807) is 0 Å². The standard InChI is InChI=1S/C17H20N2S/c1-2-7-13-12(5-1)6-3-8-14(13)17-19-16(11-20-17)15-9-4-10-18-15/h1-2,5,7,11,14-15,18H,3-4,6,8-10H2/t14?,15-/m0/s1. The maximum Gasteiger partial charge on any atom is 0.100 e. The fourth-order valence-corrected chi connectivity index (χ4v) is 4.59. The van der Waals surface area contributed by atoms with Gasteiger partial charge in [-0.2, -0.15) is 0 Å². The second kappa shape index (κ2) is 5.30. The summed E-state index contributed by atoms with van der Waals surface area (Å²) >= 11 is 1.86. The van der Waals surface area contributed by atoms with Crippen molar-refractivity contribution in [2.75, 3.05) is 6.54 Å². The lowest BCUT2D eigenvalue weighted by Crippen LogP contribution is -2.14. The van der Waals surface area contributed by atoms with Crippen LogP contribution in [-0.4, -0.2) is 11.5 Å². The summed E-state index contributed by atoms with van der Waals surface area (Å²) in [5, 5.41) is 7.15. The Morgan fingerprint density at radius 2 is 2.10 bits per heavy atom. The predicted octanol–water partition coefficient (Wildman–Crippen LogP) is 4.04. The van der Waals surface area contributed by atoms with E-state index in [0.717, 1.165) is 6.54 Å². The molecule has 3 heteroatoms. The number of rotatable bonds is 2. The molecule has 1 N–H and O–H groups in total. The molecule has 1 fully saturated rings. The predicted molar refractivity (Wildman–Crippen MR) is 83.3 cm³/mol. The highest BCUT2D eigenvalue weighted by atomic mass is 32.1. The van der Waals surface area contributed by atoms with E-state index < -0.39 is 0 Å². The maximum atomic E-state index is 4.97. The largest absolute Gasteiger partial charge is 0.309 e. The van der Waals surface area contributed by atoms with Gasteiger partial charge in [-0.05, 0) is 49.8 Å². The Labute approximate surface area is 124 Å². The Morgan fingerprint density at radius 1 is 1.15 bits per heavy atom. The molecule has 1 saturated heterocycles. The monoisotopic (exact) mass is 284 g/mol. The van der Waals surface area contributed by atoms with Gasteiger partial charge in [0.1, 0.15) is 5.01 Å². The molecule has 0 spiro atoms. The molecule has 0 bridgehead atoms. The average Bonchev–Trinajstić information content (AvgIpc) is 3.17. The molecule has 2 nitrogen and oxygen atoms in total. The molecule has 2 aromatic rings. The summed E-state index contributed by atoms with van der Waals surface area (Å²) < 4.78 is 0. The minimum Gasteiger partial charge on any atom is -0.309 e. The normalized spacial score (nSPS) is 25.6. The number of aryl methyl sites for hydroxylation is 1. The van der Waals surface area contributed by atoms with Crippen LogP contribution in [0.4, 0.5) is 0 Å². The zero-order valence-electron chi connectivity index (χ0n) is 11.6. The number of hydrogen-bond acceptors (Lipinski definition) is 3. The first-order valence-corrected chi connectivity index (χ1v) is 8.56. The van der Waals surface area contributed by atoms with Crippen molar-refractivity contribution in [2.45, 2.75) is 44.1 Å². The van der Waals surface area contributed by atoms with Gasteiger partial charge in [0.05, 0.1) is 11.7 Å². The molecule has 0 radical (unpaired) electrons. The Balaban J connectivity index is 1.65. The zero-order chi connectivity index (χ0) is 13.4. The maximum absolute atomic E-state index is 4.97. The van der Waals surface area contributed by atoms with Gasteiger partial charge in [0.25, 0.3) is 0 Å². The summed E-state index contributed by atoms with van der Waals surface area (Å²) in [6, 6.07) is 9.42. The Hall–Kier alpha value is -1.19. The van der Waals surface area contributed by atoms with Crippen LogP contribution in [0.5, 0.6) is 0 Å². The van der Waals surface area contributed by atoms with E-state index in [2.05, 4.69) is 35.0 Å². The first-order chi connectivity index (χ1) is 9.92. The molecule has 0 amide bonds. The topological polar surface area (TPSA) is 24.9 Å². The number of benzene rings is 1. The average molecular weight is 284 g/mol. The van der Waals surface area contributed by atoms with Crippen molar-refractivity contribution < 1.29 is 0 Å². The zero-order valence-corrected chi connectivity index (χ0v) is 12.5. The lowest BCUT2D eigenvalue weighted by Gasteiger charge is -2.23. The van der Waals surface area contributed by atoms with E-state index in [0.29, 0.717) is 12.0 Å². The van der Waals surface area contributed by atoms with Gasteiger partial charge < -0.3 is 5.32 Å². The molecule has 1 aromatic carbocycles. The summed E-state index contributed by atoms with van der Waals surface area (Å²) in [5.41, 5.74) is 4.31. The Kier molecular flexibility index (Phi) is 3.32. The van der Waals surface area contributed by atoms with Crippen molar-refractivity contribution in [1.29, 1.82) is 0 Å². The van der Waals surface area contributed by atoms with Gasteiger partial charge in [-0.1, -0.05) is 24.3 Å². The summed E-state index contributed by atoms with van der Waals surface area (Å²) in [5.74, 6) is 0.528. The van der Waals surface area contributed by atoms with Gasteiger partial charge >= 0.3 is 0 Å². The van der Waals surface area contributed by atoms with Crippen LogP contribution in [0.15, 0.2) is 29.6 Å². The van der Waals surface area contributed by atoms with Crippen molar-refractivity contribution in [1.82, 2.24) is 10.3 Å². The van der Waals surface area contributed by atoms with Crippen LogP contribution in [0.25, 0.3) is 0 Å². The third-order valence-corrected chi connectivity index (χ3v) is 5.60. The van der Waals surface area contributed by atoms with Crippen LogP contribution in [-0.2, 0) is 6.42 Å². The quantitative estimate of drug-likeness (QED) is 0.900. The smallest absolute Gasteiger partial charge is 0.100 e. The SMILES string of the molecule is c1ccc2c(c1)CCCC2c1nc([C@@H]2CCCN2)cs1. The third-order valence-electron chi connectivity index (χ3n) is 4.62. The number of hydrogen-bond donors (Lipinski definition) is 1. The second-order valence-corrected chi connectivity index (χ2v) is 6.79. The molecule has 104 valence electrons. The first-order valence-electron chi connectivity index (χ1n) is 7.68. The Bertz CT molecular complexity index is 599. The number of fused-ring (bicyclic) bond motifs is 1. The minimum absolute atomic E-state index is 0.499.